The summed E-state index contributed by atoms with van der Waals surface area (Å²) in [6, 6.07) is 15.0. The van der Waals surface area contributed by atoms with Crippen molar-refractivity contribution in [2.75, 3.05) is 4.90 Å². The van der Waals surface area contributed by atoms with Gasteiger partial charge in [-0.05, 0) is 56.9 Å². The molecule has 0 radical (unpaired) electrons. The van der Waals surface area contributed by atoms with Crippen molar-refractivity contribution in [1.29, 1.82) is 0 Å². The third-order valence-corrected chi connectivity index (χ3v) is 6.80. The molecule has 2 heterocycles. The number of rotatable bonds is 1. The summed E-state index contributed by atoms with van der Waals surface area (Å²) in [6.45, 7) is 6.82. The Hall–Kier alpha value is -3.01. The molecule has 3 aromatic rings. The number of fused-ring (bicyclic) bond motifs is 1. The van der Waals surface area contributed by atoms with Gasteiger partial charge in [-0.2, -0.15) is 0 Å². The van der Waals surface area contributed by atoms with Crippen LogP contribution in [0.25, 0.3) is 10.8 Å². The summed E-state index contributed by atoms with van der Waals surface area (Å²) in [5.41, 5.74) is 10.2. The SMILES string of the molecule is Cc1cc(C)c(B2C3=C(CCC3)N3C(=O)Oc4cccc5ccc2c3c45)c(C)c1. The summed E-state index contributed by atoms with van der Waals surface area (Å²) in [4.78, 5) is 14.9. The number of ether oxygens (including phenoxy) is 1. The Morgan fingerprint density at radius 3 is 2.59 bits per heavy atom. The van der Waals surface area contributed by atoms with E-state index in [4.69, 9.17) is 4.74 Å². The average molecular weight is 379 g/mol. The Morgan fingerprint density at radius 2 is 1.79 bits per heavy atom. The number of nitrogens with zero attached hydrogens (tertiary/aromatic N) is 1. The van der Waals surface area contributed by atoms with Gasteiger partial charge in [0, 0.05) is 11.1 Å². The maximum atomic E-state index is 13.0. The summed E-state index contributed by atoms with van der Waals surface area (Å²) < 4.78 is 5.76. The van der Waals surface area contributed by atoms with E-state index in [1.807, 2.05) is 17.0 Å². The molecule has 0 unspecified atom stereocenters. The fourth-order valence-electron chi connectivity index (χ4n) is 5.86. The number of aryl methyl sites for hydroxylation is 3. The van der Waals surface area contributed by atoms with Crippen LogP contribution in [0.5, 0.6) is 5.75 Å². The third kappa shape index (κ3) is 2.17. The van der Waals surface area contributed by atoms with Gasteiger partial charge in [0.2, 0.25) is 6.71 Å². The van der Waals surface area contributed by atoms with Crippen molar-refractivity contribution in [2.45, 2.75) is 40.0 Å². The van der Waals surface area contributed by atoms with Gasteiger partial charge in [0.15, 0.2) is 0 Å². The van der Waals surface area contributed by atoms with E-state index in [1.165, 1.54) is 33.1 Å². The van der Waals surface area contributed by atoms with E-state index in [2.05, 4.69) is 51.1 Å². The van der Waals surface area contributed by atoms with Crippen LogP contribution in [0, 0.1) is 20.8 Å². The predicted molar refractivity (Wildman–Crippen MR) is 119 cm³/mol. The van der Waals surface area contributed by atoms with E-state index < -0.39 is 0 Å². The number of hydrogen-bond acceptors (Lipinski definition) is 2. The zero-order valence-electron chi connectivity index (χ0n) is 17.0. The minimum Gasteiger partial charge on any atom is -0.409 e. The van der Waals surface area contributed by atoms with E-state index in [9.17, 15) is 4.79 Å². The van der Waals surface area contributed by atoms with Crippen molar-refractivity contribution in [2.24, 2.45) is 0 Å². The highest BCUT2D eigenvalue weighted by molar-refractivity contribution is 6.93. The molecule has 4 heteroatoms. The molecule has 0 saturated carbocycles. The van der Waals surface area contributed by atoms with Crippen molar-refractivity contribution in [3.8, 4) is 5.75 Å². The number of amides is 1. The van der Waals surface area contributed by atoms with Crippen LogP contribution in [0.1, 0.15) is 36.0 Å². The van der Waals surface area contributed by atoms with Gasteiger partial charge in [-0.1, -0.05) is 64.0 Å². The van der Waals surface area contributed by atoms with E-state index in [1.54, 1.807) is 0 Å². The second kappa shape index (κ2) is 5.76. The molecule has 0 bridgehead atoms. The lowest BCUT2D eigenvalue weighted by molar-refractivity contribution is 0.208. The normalized spacial score (nSPS) is 17.1. The lowest BCUT2D eigenvalue weighted by atomic mass is 9.33. The van der Waals surface area contributed by atoms with Gasteiger partial charge >= 0.3 is 6.09 Å². The molecule has 1 amide bonds. The molecule has 0 N–H and O–H groups in total. The number of carbonyl (C=O) groups is 1. The molecule has 0 saturated heterocycles. The minimum absolute atomic E-state index is 0.211. The van der Waals surface area contributed by atoms with Gasteiger partial charge in [0.05, 0.1) is 5.69 Å². The first-order valence-corrected chi connectivity index (χ1v) is 10.4. The number of benzene rings is 3. The highest BCUT2D eigenvalue weighted by Gasteiger charge is 2.44. The molecule has 1 aliphatic carbocycles. The molecule has 3 nitrogen and oxygen atoms in total. The Morgan fingerprint density at radius 1 is 1.00 bits per heavy atom. The van der Waals surface area contributed by atoms with Gasteiger partial charge in [0.25, 0.3) is 0 Å². The van der Waals surface area contributed by atoms with Crippen LogP contribution in [-0.2, 0) is 0 Å². The summed E-state index contributed by atoms with van der Waals surface area (Å²) in [5.74, 6) is 0.679. The monoisotopic (exact) mass is 379 g/mol. The Balaban J connectivity index is 1.74. The van der Waals surface area contributed by atoms with E-state index in [-0.39, 0.29) is 12.8 Å². The summed E-state index contributed by atoms with van der Waals surface area (Å²) >= 11 is 0. The minimum atomic E-state index is -0.261. The van der Waals surface area contributed by atoms with Gasteiger partial charge in [-0.3, -0.25) is 4.90 Å². The molecule has 0 aromatic heterocycles. The summed E-state index contributed by atoms with van der Waals surface area (Å²) in [6.07, 6.45) is 2.80. The largest absolute Gasteiger partial charge is 0.424 e. The third-order valence-electron chi connectivity index (χ3n) is 6.80. The number of anilines is 1. The second-order valence-corrected chi connectivity index (χ2v) is 8.63. The highest BCUT2D eigenvalue weighted by Crippen LogP contribution is 2.46. The standard InChI is InChI=1S/C25H22BNO2/c1-14-12-15(2)23(16(3)13-14)26-18-7-5-8-20(18)27-24-19(26)11-10-17-6-4-9-21(22(17)24)29-25(27)28/h4,6,9-13H,5,7-8H2,1-3H3. The van der Waals surface area contributed by atoms with Gasteiger partial charge in [0.1, 0.15) is 5.75 Å². The van der Waals surface area contributed by atoms with Crippen molar-refractivity contribution in [1.82, 2.24) is 0 Å². The van der Waals surface area contributed by atoms with Crippen LogP contribution in [-0.4, -0.2) is 12.8 Å². The molecule has 3 aliphatic rings. The topological polar surface area (TPSA) is 29.5 Å². The Labute approximate surface area is 171 Å². The molecule has 0 atom stereocenters. The first kappa shape index (κ1) is 16.9. The predicted octanol–water partition coefficient (Wildman–Crippen LogP) is 4.68. The van der Waals surface area contributed by atoms with Gasteiger partial charge < -0.3 is 4.74 Å². The summed E-state index contributed by atoms with van der Waals surface area (Å²) in [5, 5.41) is 2.19. The Kier molecular flexibility index (Phi) is 3.36. The molecule has 2 aliphatic heterocycles. The van der Waals surface area contributed by atoms with Crippen LogP contribution in [0.3, 0.4) is 0 Å². The zero-order chi connectivity index (χ0) is 19.9. The number of hydrogen-bond donors (Lipinski definition) is 0. The lowest BCUT2D eigenvalue weighted by Crippen LogP contribution is -2.54. The smallest absolute Gasteiger partial charge is 0.409 e. The number of allylic oxidation sites excluding steroid dienone is 2. The van der Waals surface area contributed by atoms with Gasteiger partial charge in [-0.25, -0.2) is 4.79 Å². The number of carbonyl (C=O) groups excluding carboxylic acids is 1. The molecule has 142 valence electrons. The van der Waals surface area contributed by atoms with Crippen molar-refractivity contribution in [3.05, 3.63) is 70.3 Å². The average Bonchev–Trinajstić information content (AvgIpc) is 3.15. The van der Waals surface area contributed by atoms with Crippen LogP contribution >= 0.6 is 0 Å². The van der Waals surface area contributed by atoms with E-state index in [0.717, 1.165) is 41.4 Å². The second-order valence-electron chi connectivity index (χ2n) is 8.63. The first-order chi connectivity index (χ1) is 14.0. The maximum absolute atomic E-state index is 13.0. The van der Waals surface area contributed by atoms with Crippen LogP contribution in [0.2, 0.25) is 0 Å². The van der Waals surface area contributed by atoms with E-state index >= 15 is 0 Å². The van der Waals surface area contributed by atoms with E-state index in [0.29, 0.717) is 5.75 Å². The Bertz CT molecular complexity index is 1250. The zero-order valence-corrected chi connectivity index (χ0v) is 17.0. The van der Waals surface area contributed by atoms with Crippen LogP contribution in [0.4, 0.5) is 10.5 Å². The molecular weight excluding hydrogens is 357 g/mol. The van der Waals surface area contributed by atoms with Crippen molar-refractivity contribution in [3.63, 3.8) is 0 Å². The quantitative estimate of drug-likeness (QED) is 0.575. The first-order valence-electron chi connectivity index (χ1n) is 10.4. The summed E-state index contributed by atoms with van der Waals surface area (Å²) in [7, 11) is 0. The molecule has 6 rings (SSSR count). The molecule has 29 heavy (non-hydrogen) atoms. The maximum Gasteiger partial charge on any atom is 0.424 e. The molecule has 0 spiro atoms. The van der Waals surface area contributed by atoms with Crippen LogP contribution < -0.4 is 20.6 Å². The molecule has 0 fully saturated rings. The molecular formula is C25H22BNO2. The van der Waals surface area contributed by atoms with Crippen molar-refractivity contribution < 1.29 is 9.53 Å². The van der Waals surface area contributed by atoms with Gasteiger partial charge in [-0.15, -0.1) is 0 Å². The highest BCUT2D eigenvalue weighted by atomic mass is 16.6. The lowest BCUT2D eigenvalue weighted by Gasteiger charge is -2.38. The fourth-order valence-corrected chi connectivity index (χ4v) is 5.86. The van der Waals surface area contributed by atoms with Crippen molar-refractivity contribution >= 4 is 40.2 Å². The molecule has 3 aromatic carbocycles. The fraction of sp³-hybridized carbons (Fsp3) is 0.240. The van der Waals surface area contributed by atoms with Crippen LogP contribution in [0.15, 0.2) is 53.6 Å².